The summed E-state index contributed by atoms with van der Waals surface area (Å²) >= 11 is 0. The zero-order valence-electron chi connectivity index (χ0n) is 18.7. The minimum Gasteiger partial charge on any atom is -0.492 e. The van der Waals surface area contributed by atoms with E-state index in [9.17, 15) is 13.2 Å². The van der Waals surface area contributed by atoms with Crippen LogP contribution in [-0.2, 0) is 21.3 Å². The number of hydrogen-bond donors (Lipinski definition) is 1. The Morgan fingerprint density at radius 2 is 1.76 bits per heavy atom. The van der Waals surface area contributed by atoms with Gasteiger partial charge in [0, 0.05) is 44.8 Å². The van der Waals surface area contributed by atoms with Gasteiger partial charge in [-0.25, -0.2) is 8.42 Å². The lowest BCUT2D eigenvalue weighted by atomic mass is 10.2. The van der Waals surface area contributed by atoms with Crippen molar-refractivity contribution in [1.82, 2.24) is 14.5 Å². The van der Waals surface area contributed by atoms with Gasteiger partial charge in [0.2, 0.25) is 10.0 Å². The Hall–Kier alpha value is -2.46. The van der Waals surface area contributed by atoms with E-state index in [1.165, 1.54) is 10.4 Å². The molecule has 2 fully saturated rings. The van der Waals surface area contributed by atoms with Crippen LogP contribution in [0, 0.1) is 0 Å². The maximum atomic E-state index is 12.8. The average molecular weight is 474 g/mol. The van der Waals surface area contributed by atoms with Gasteiger partial charge in [-0.2, -0.15) is 4.31 Å². The summed E-state index contributed by atoms with van der Waals surface area (Å²) in [5, 5.41) is 2.87. The third-order valence-electron chi connectivity index (χ3n) is 5.93. The van der Waals surface area contributed by atoms with Crippen molar-refractivity contribution >= 4 is 15.9 Å². The van der Waals surface area contributed by atoms with Crippen molar-refractivity contribution in [2.45, 2.75) is 24.3 Å². The van der Waals surface area contributed by atoms with E-state index in [-0.39, 0.29) is 10.8 Å². The highest BCUT2D eigenvalue weighted by atomic mass is 32.2. The maximum Gasteiger partial charge on any atom is 0.251 e. The minimum absolute atomic E-state index is 0.160. The summed E-state index contributed by atoms with van der Waals surface area (Å²) < 4.78 is 38.3. The zero-order valence-corrected chi connectivity index (χ0v) is 19.6. The molecule has 0 aliphatic carbocycles. The molecule has 0 atom stereocenters. The lowest BCUT2D eigenvalue weighted by Gasteiger charge is -2.26. The second-order valence-electron chi connectivity index (χ2n) is 8.27. The molecule has 2 aliphatic heterocycles. The van der Waals surface area contributed by atoms with Gasteiger partial charge in [-0.1, -0.05) is 18.2 Å². The van der Waals surface area contributed by atoms with E-state index in [4.69, 9.17) is 9.47 Å². The van der Waals surface area contributed by atoms with Crippen molar-refractivity contribution in [2.75, 3.05) is 52.5 Å². The largest absolute Gasteiger partial charge is 0.492 e. The van der Waals surface area contributed by atoms with Gasteiger partial charge >= 0.3 is 0 Å². The summed E-state index contributed by atoms with van der Waals surface area (Å²) in [5.41, 5.74) is 1.24. The van der Waals surface area contributed by atoms with Crippen molar-refractivity contribution in [2.24, 2.45) is 0 Å². The van der Waals surface area contributed by atoms with Crippen molar-refractivity contribution < 1.29 is 22.7 Å². The number of nitrogens with zero attached hydrogens (tertiary/aromatic N) is 2. The molecule has 2 aromatic carbocycles. The summed E-state index contributed by atoms with van der Waals surface area (Å²) in [5.74, 6) is 0.445. The Bertz CT molecular complexity index is 1050. The van der Waals surface area contributed by atoms with Crippen LogP contribution in [0.15, 0.2) is 53.4 Å². The number of morpholine rings is 1. The second-order valence-corrected chi connectivity index (χ2v) is 10.2. The van der Waals surface area contributed by atoms with Gasteiger partial charge < -0.3 is 14.8 Å². The lowest BCUT2D eigenvalue weighted by Crippen LogP contribution is -2.38. The SMILES string of the molecule is O=C(NCc1cccc(OCCN2CCOCC2)c1)c1cccc(S(=O)(=O)N2CCCC2)c1. The van der Waals surface area contributed by atoms with Gasteiger partial charge in [-0.05, 0) is 48.7 Å². The normalized spacial score (nSPS) is 17.7. The van der Waals surface area contributed by atoms with Crippen LogP contribution >= 0.6 is 0 Å². The van der Waals surface area contributed by atoms with E-state index < -0.39 is 10.0 Å². The molecule has 0 spiro atoms. The first-order valence-corrected chi connectivity index (χ1v) is 12.9. The van der Waals surface area contributed by atoms with Crippen molar-refractivity contribution in [3.05, 3.63) is 59.7 Å². The molecule has 1 N–H and O–H groups in total. The summed E-state index contributed by atoms with van der Waals surface area (Å²) in [4.78, 5) is 15.2. The number of benzene rings is 2. The molecular weight excluding hydrogens is 442 g/mol. The first-order chi connectivity index (χ1) is 16.0. The quantitative estimate of drug-likeness (QED) is 0.600. The number of rotatable bonds is 9. The van der Waals surface area contributed by atoms with Crippen LogP contribution in [0.25, 0.3) is 0 Å². The number of carbonyl (C=O) groups excluding carboxylic acids is 1. The molecule has 4 rings (SSSR count). The van der Waals surface area contributed by atoms with Gasteiger partial charge in [0.1, 0.15) is 12.4 Å². The van der Waals surface area contributed by atoms with E-state index in [2.05, 4.69) is 10.2 Å². The Morgan fingerprint density at radius 1 is 1.00 bits per heavy atom. The Balaban J connectivity index is 1.31. The van der Waals surface area contributed by atoms with Crippen LogP contribution < -0.4 is 10.1 Å². The van der Waals surface area contributed by atoms with Crippen molar-refractivity contribution in [1.29, 1.82) is 0 Å². The third-order valence-corrected chi connectivity index (χ3v) is 7.83. The summed E-state index contributed by atoms with van der Waals surface area (Å²) in [6.07, 6.45) is 1.74. The van der Waals surface area contributed by atoms with Crippen LogP contribution in [-0.4, -0.2) is 76.1 Å². The van der Waals surface area contributed by atoms with Gasteiger partial charge in [-0.3, -0.25) is 9.69 Å². The molecule has 9 heteroatoms. The number of ether oxygens (including phenoxy) is 2. The summed E-state index contributed by atoms with van der Waals surface area (Å²) in [6, 6.07) is 13.9. The van der Waals surface area contributed by atoms with Gasteiger partial charge in [0.25, 0.3) is 5.91 Å². The van der Waals surface area contributed by atoms with Crippen LogP contribution in [0.5, 0.6) is 5.75 Å². The van der Waals surface area contributed by atoms with Crippen molar-refractivity contribution in [3.8, 4) is 5.75 Å². The predicted octanol–water partition coefficient (Wildman–Crippen LogP) is 2.11. The number of amides is 1. The lowest BCUT2D eigenvalue weighted by molar-refractivity contribution is 0.0322. The molecule has 178 valence electrons. The first kappa shape index (κ1) is 23.7. The number of sulfonamides is 1. The maximum absolute atomic E-state index is 12.8. The standard InChI is InChI=1S/C24H31N3O5S/c28-24(21-6-4-8-23(18-21)33(29,30)27-9-1-2-10-27)25-19-20-5-3-7-22(17-20)32-16-13-26-11-14-31-15-12-26/h3-8,17-18H,1-2,9-16,19H2,(H,25,28). The molecule has 2 aliphatic rings. The molecule has 33 heavy (non-hydrogen) atoms. The van der Waals surface area contributed by atoms with Gasteiger partial charge in [0.15, 0.2) is 0 Å². The molecule has 8 nitrogen and oxygen atoms in total. The molecule has 2 heterocycles. The van der Waals surface area contributed by atoms with Crippen LogP contribution in [0.4, 0.5) is 0 Å². The molecule has 0 unspecified atom stereocenters. The molecule has 2 saturated heterocycles. The highest BCUT2D eigenvalue weighted by Crippen LogP contribution is 2.21. The molecular formula is C24H31N3O5S. The topological polar surface area (TPSA) is 88.2 Å². The van der Waals surface area contributed by atoms with Crippen LogP contribution in [0.3, 0.4) is 0 Å². The highest BCUT2D eigenvalue weighted by molar-refractivity contribution is 7.89. The molecule has 0 aromatic heterocycles. The fraction of sp³-hybridized carbons (Fsp3) is 0.458. The third kappa shape index (κ3) is 6.32. The average Bonchev–Trinajstić information content (AvgIpc) is 3.40. The van der Waals surface area contributed by atoms with Gasteiger partial charge in [0.05, 0.1) is 18.1 Å². The fourth-order valence-electron chi connectivity index (χ4n) is 4.02. The molecule has 0 bridgehead atoms. The highest BCUT2D eigenvalue weighted by Gasteiger charge is 2.27. The van der Waals surface area contributed by atoms with E-state index >= 15 is 0 Å². The van der Waals surface area contributed by atoms with Gasteiger partial charge in [-0.15, -0.1) is 0 Å². The van der Waals surface area contributed by atoms with E-state index in [1.54, 1.807) is 18.2 Å². The van der Waals surface area contributed by atoms with Crippen LogP contribution in [0.1, 0.15) is 28.8 Å². The number of hydrogen-bond acceptors (Lipinski definition) is 6. The first-order valence-electron chi connectivity index (χ1n) is 11.4. The van der Waals surface area contributed by atoms with E-state index in [0.717, 1.165) is 57.0 Å². The van der Waals surface area contributed by atoms with E-state index in [0.29, 0.717) is 31.8 Å². The Kier molecular flexibility index (Phi) is 7.97. The van der Waals surface area contributed by atoms with Crippen molar-refractivity contribution in [3.63, 3.8) is 0 Å². The zero-order chi connectivity index (χ0) is 23.1. The number of nitrogens with one attached hydrogen (secondary N) is 1. The van der Waals surface area contributed by atoms with Crippen LogP contribution in [0.2, 0.25) is 0 Å². The molecule has 0 radical (unpaired) electrons. The summed E-state index contributed by atoms with van der Waals surface area (Å²) in [7, 11) is -3.56. The Morgan fingerprint density at radius 3 is 2.55 bits per heavy atom. The smallest absolute Gasteiger partial charge is 0.251 e. The molecule has 1 amide bonds. The monoisotopic (exact) mass is 473 g/mol. The minimum atomic E-state index is -3.56. The predicted molar refractivity (Wildman–Crippen MR) is 125 cm³/mol. The molecule has 2 aromatic rings. The summed E-state index contributed by atoms with van der Waals surface area (Å²) in [6.45, 7) is 6.21. The Labute approximate surface area is 195 Å². The molecule has 0 saturated carbocycles. The second kappa shape index (κ2) is 11.1. The number of carbonyl (C=O) groups is 1. The van der Waals surface area contributed by atoms with E-state index in [1.807, 2.05) is 24.3 Å². The fourth-order valence-corrected chi connectivity index (χ4v) is 5.59.